The van der Waals surface area contributed by atoms with Gasteiger partial charge in [0, 0.05) is 18.7 Å². The van der Waals surface area contributed by atoms with Crippen molar-refractivity contribution in [2.45, 2.75) is 38.1 Å². The van der Waals surface area contributed by atoms with Crippen LogP contribution in [0.3, 0.4) is 0 Å². The number of carbonyl (C=O) groups excluding carboxylic acids is 4. The molecule has 4 amide bonds. The summed E-state index contributed by atoms with van der Waals surface area (Å²) in [7, 11) is 5.79. The summed E-state index contributed by atoms with van der Waals surface area (Å²) < 4.78 is 0. The van der Waals surface area contributed by atoms with Crippen molar-refractivity contribution in [3.63, 3.8) is 0 Å². The highest BCUT2D eigenvalue weighted by Gasteiger charge is 2.44. The summed E-state index contributed by atoms with van der Waals surface area (Å²) in [6.45, 7) is 2.60. The second kappa shape index (κ2) is 7.98. The zero-order valence-electron chi connectivity index (χ0n) is 16.1. The van der Waals surface area contributed by atoms with Crippen LogP contribution >= 0.6 is 0 Å². The molecule has 1 aromatic carbocycles. The Bertz CT molecular complexity index is 866. The van der Waals surface area contributed by atoms with E-state index in [0.717, 1.165) is 49.5 Å². The summed E-state index contributed by atoms with van der Waals surface area (Å²) in [6, 6.07) is 4.13. The highest BCUT2D eigenvalue weighted by atomic mass is 16.2. The molecular weight excluding hydrogens is 371 g/mol. The molecule has 8 nitrogen and oxygen atoms in total. The van der Waals surface area contributed by atoms with Gasteiger partial charge in [0.15, 0.2) is 7.98 Å². The number of carbonyl (C=O) groups is 4. The van der Waals surface area contributed by atoms with Crippen LogP contribution in [0.25, 0.3) is 0 Å². The van der Waals surface area contributed by atoms with E-state index in [9.17, 15) is 19.2 Å². The number of rotatable bonds is 5. The molecule has 1 atom stereocenters. The Morgan fingerprint density at radius 1 is 1.03 bits per heavy atom. The molecule has 0 aromatic heterocycles. The number of piperidine rings is 2. The molecule has 9 heteroatoms. The van der Waals surface area contributed by atoms with Crippen molar-refractivity contribution in [2.24, 2.45) is 5.92 Å². The summed E-state index contributed by atoms with van der Waals surface area (Å²) >= 11 is 0. The van der Waals surface area contributed by atoms with Crippen LogP contribution in [0.15, 0.2) is 18.2 Å². The molecule has 2 saturated heterocycles. The molecule has 3 heterocycles. The predicted octanol–water partition coefficient (Wildman–Crippen LogP) is 0.685. The fourth-order valence-corrected chi connectivity index (χ4v) is 4.24. The van der Waals surface area contributed by atoms with Crippen LogP contribution in [0.1, 0.15) is 52.8 Å². The minimum atomic E-state index is -0.940. The van der Waals surface area contributed by atoms with Crippen molar-refractivity contribution >= 4 is 37.3 Å². The SMILES string of the molecule is [B]N1CCC(CCNc2ccc3c(c2)C(=O)N(C2CCC(=O)NC2=O)C3=O)CC1. The van der Waals surface area contributed by atoms with Crippen molar-refractivity contribution in [1.82, 2.24) is 15.0 Å². The number of anilines is 1. The third-order valence-electron chi connectivity index (χ3n) is 5.97. The molecule has 0 saturated carbocycles. The predicted molar refractivity (Wildman–Crippen MR) is 106 cm³/mol. The lowest BCUT2D eigenvalue weighted by atomic mass is 9.92. The van der Waals surface area contributed by atoms with Crippen LogP contribution in [0.5, 0.6) is 0 Å². The number of imide groups is 2. The molecule has 2 fully saturated rings. The fraction of sp³-hybridized carbons (Fsp3) is 0.500. The van der Waals surface area contributed by atoms with E-state index in [4.69, 9.17) is 7.98 Å². The molecule has 0 bridgehead atoms. The van der Waals surface area contributed by atoms with Gasteiger partial charge in [-0.1, -0.05) is 0 Å². The normalized spacial score (nSPS) is 23.3. The zero-order chi connectivity index (χ0) is 20.5. The van der Waals surface area contributed by atoms with Gasteiger partial charge in [-0.25, -0.2) is 0 Å². The number of amides is 4. The molecule has 1 unspecified atom stereocenters. The minimum absolute atomic E-state index is 0.111. The Hall–Kier alpha value is -2.68. The van der Waals surface area contributed by atoms with E-state index in [0.29, 0.717) is 17.0 Å². The van der Waals surface area contributed by atoms with Gasteiger partial charge in [0.1, 0.15) is 6.04 Å². The summed E-state index contributed by atoms with van der Waals surface area (Å²) in [5.74, 6) is -1.33. The third-order valence-corrected chi connectivity index (χ3v) is 5.97. The van der Waals surface area contributed by atoms with E-state index >= 15 is 0 Å². The van der Waals surface area contributed by atoms with Crippen molar-refractivity contribution in [1.29, 1.82) is 0 Å². The standard InChI is InChI=1S/C20H23BN4O4/c21-24-9-6-12(7-10-24)5-8-22-13-1-2-14-15(11-13)20(29)25(19(14)28)16-3-4-17(26)23-18(16)27/h1-2,11-12,16,22H,3-10H2,(H,23,26,27). The van der Waals surface area contributed by atoms with Gasteiger partial charge in [-0.15, -0.1) is 0 Å². The van der Waals surface area contributed by atoms with Gasteiger partial charge >= 0.3 is 0 Å². The molecular formula is C20H23BN4O4. The quantitative estimate of drug-likeness (QED) is 0.563. The van der Waals surface area contributed by atoms with Crippen LogP contribution in [0, 0.1) is 5.92 Å². The van der Waals surface area contributed by atoms with E-state index in [2.05, 4.69) is 10.6 Å². The molecule has 2 radical (unpaired) electrons. The van der Waals surface area contributed by atoms with Crippen molar-refractivity contribution in [3.05, 3.63) is 29.3 Å². The average molecular weight is 394 g/mol. The van der Waals surface area contributed by atoms with Crippen LogP contribution in [-0.4, -0.2) is 67.0 Å². The first-order valence-corrected chi connectivity index (χ1v) is 10.0. The molecule has 29 heavy (non-hydrogen) atoms. The lowest BCUT2D eigenvalue weighted by Crippen LogP contribution is -2.54. The topological polar surface area (TPSA) is 98.8 Å². The number of hydrogen-bond acceptors (Lipinski definition) is 6. The second-order valence-electron chi connectivity index (χ2n) is 7.90. The van der Waals surface area contributed by atoms with Gasteiger partial charge in [0.2, 0.25) is 11.8 Å². The van der Waals surface area contributed by atoms with Gasteiger partial charge < -0.3 is 10.1 Å². The number of hydrogen-bond donors (Lipinski definition) is 2. The summed E-state index contributed by atoms with van der Waals surface area (Å²) in [6.07, 6.45) is 3.44. The largest absolute Gasteiger partial charge is 0.385 e. The lowest BCUT2D eigenvalue weighted by Gasteiger charge is -2.29. The molecule has 150 valence electrons. The molecule has 3 aliphatic heterocycles. The Morgan fingerprint density at radius 2 is 1.76 bits per heavy atom. The van der Waals surface area contributed by atoms with E-state index in [-0.39, 0.29) is 18.7 Å². The molecule has 3 aliphatic rings. The van der Waals surface area contributed by atoms with Crippen LogP contribution < -0.4 is 10.6 Å². The van der Waals surface area contributed by atoms with Crippen LogP contribution in [0.4, 0.5) is 5.69 Å². The Balaban J connectivity index is 1.40. The molecule has 4 rings (SSSR count). The maximum atomic E-state index is 12.8. The van der Waals surface area contributed by atoms with E-state index in [1.165, 1.54) is 0 Å². The highest BCUT2D eigenvalue weighted by molar-refractivity contribution is 6.23. The summed E-state index contributed by atoms with van der Waals surface area (Å²) in [4.78, 5) is 51.8. The van der Waals surface area contributed by atoms with Gasteiger partial charge in [-0.05, 0) is 62.9 Å². The van der Waals surface area contributed by atoms with E-state index in [1.54, 1.807) is 18.2 Å². The number of fused-ring (bicyclic) bond motifs is 1. The monoisotopic (exact) mass is 394 g/mol. The first-order valence-electron chi connectivity index (χ1n) is 10.0. The smallest absolute Gasteiger partial charge is 0.262 e. The van der Waals surface area contributed by atoms with E-state index in [1.807, 2.05) is 4.81 Å². The van der Waals surface area contributed by atoms with Gasteiger partial charge in [0.05, 0.1) is 11.1 Å². The molecule has 0 aliphatic carbocycles. The number of benzene rings is 1. The second-order valence-corrected chi connectivity index (χ2v) is 7.90. The minimum Gasteiger partial charge on any atom is -0.385 e. The Kier molecular flexibility index (Phi) is 5.40. The first kappa shape index (κ1) is 19.6. The maximum absolute atomic E-state index is 12.8. The molecule has 0 spiro atoms. The summed E-state index contributed by atoms with van der Waals surface area (Å²) in [5, 5.41) is 5.53. The first-order chi connectivity index (χ1) is 13.9. The van der Waals surface area contributed by atoms with Crippen LogP contribution in [-0.2, 0) is 9.59 Å². The molecule has 2 N–H and O–H groups in total. The van der Waals surface area contributed by atoms with E-state index < -0.39 is 23.8 Å². The van der Waals surface area contributed by atoms with Crippen molar-refractivity contribution in [3.8, 4) is 0 Å². The van der Waals surface area contributed by atoms with Crippen molar-refractivity contribution in [2.75, 3.05) is 25.0 Å². The highest BCUT2D eigenvalue weighted by Crippen LogP contribution is 2.29. The third kappa shape index (κ3) is 3.91. The fourth-order valence-electron chi connectivity index (χ4n) is 4.24. The molecule has 1 aromatic rings. The zero-order valence-corrected chi connectivity index (χ0v) is 16.1. The number of nitrogens with zero attached hydrogens (tertiary/aromatic N) is 2. The van der Waals surface area contributed by atoms with Crippen LogP contribution in [0.2, 0.25) is 0 Å². The Morgan fingerprint density at radius 3 is 2.48 bits per heavy atom. The van der Waals surface area contributed by atoms with Gasteiger partial charge in [-0.2, -0.15) is 0 Å². The summed E-state index contributed by atoms with van der Waals surface area (Å²) in [5.41, 5.74) is 1.35. The van der Waals surface area contributed by atoms with Gasteiger partial charge in [-0.3, -0.25) is 29.4 Å². The lowest BCUT2D eigenvalue weighted by molar-refractivity contribution is -0.136. The van der Waals surface area contributed by atoms with Crippen molar-refractivity contribution < 1.29 is 19.2 Å². The Labute approximate surface area is 170 Å². The van der Waals surface area contributed by atoms with Gasteiger partial charge in [0.25, 0.3) is 11.8 Å². The number of nitrogens with one attached hydrogen (secondary N) is 2. The average Bonchev–Trinajstić information content (AvgIpc) is 2.94. The maximum Gasteiger partial charge on any atom is 0.262 e.